The number of hydrogen-bond acceptors (Lipinski definition) is 7. The molecule has 2 unspecified atom stereocenters. The van der Waals surface area contributed by atoms with Crippen molar-refractivity contribution in [3.8, 4) is 0 Å². The Morgan fingerprint density at radius 1 is 0.352 bits per heavy atom. The van der Waals surface area contributed by atoms with Crippen molar-refractivity contribution in [3.63, 3.8) is 0 Å². The standard InChI is InChI=1S/C81H152NO8P/c1-6-8-10-12-14-16-18-20-22-24-26-28-30-32-34-36-38-39-40-41-42-43-44-46-48-50-52-54-56-58-60-62-64-66-68-70-72-74-81(84)90-79(78-89-91(85,86)88-76-75-82(3,4)5)77-87-80(83)73-71-69-67-65-63-61-59-57-55-53-51-49-47-45-37-35-33-31-29-27-25-23-21-19-17-15-13-11-9-7-2/h8,10,14,16,20,22,26,28,32,34,79H,6-7,9,11-13,15,17-19,21,23-25,27,29-31,33,35-78H2,1-5H3/p+1/b10-8-,16-14-,22-20-,28-26-,34-32-. The SMILES string of the molecule is CC/C=C\C/C=C\C/C=C\C/C=C\C/C=C\CCCCCCCCCCCCCCCCCCCCCCCC(=O)OC(COC(=O)CCCCCCCCCCCCCCCCCCCCCCCCCCCCCCCC)COP(=O)(O)OCC[N+](C)(C)C. The predicted octanol–water partition coefficient (Wildman–Crippen LogP) is 26.1. The zero-order valence-corrected chi connectivity index (χ0v) is 62.0. The van der Waals surface area contributed by atoms with Gasteiger partial charge in [0, 0.05) is 12.8 Å². The predicted molar refractivity (Wildman–Crippen MR) is 395 cm³/mol. The van der Waals surface area contributed by atoms with E-state index >= 15 is 0 Å². The van der Waals surface area contributed by atoms with E-state index in [2.05, 4.69) is 74.6 Å². The summed E-state index contributed by atoms with van der Waals surface area (Å²) in [5.74, 6) is -0.773. The lowest BCUT2D eigenvalue weighted by atomic mass is 10.0. The molecule has 0 bridgehead atoms. The number of phosphoric acid groups is 1. The van der Waals surface area contributed by atoms with Crippen molar-refractivity contribution in [2.45, 2.75) is 399 Å². The maximum Gasteiger partial charge on any atom is 0.472 e. The quantitative estimate of drug-likeness (QED) is 0.0211. The van der Waals surface area contributed by atoms with Crippen LogP contribution in [0.15, 0.2) is 60.8 Å². The van der Waals surface area contributed by atoms with Crippen molar-refractivity contribution >= 4 is 19.8 Å². The van der Waals surface area contributed by atoms with E-state index in [1.165, 1.54) is 295 Å². The molecule has 0 radical (unpaired) electrons. The van der Waals surface area contributed by atoms with Crippen molar-refractivity contribution < 1.29 is 42.1 Å². The molecule has 534 valence electrons. The summed E-state index contributed by atoms with van der Waals surface area (Å²) < 4.78 is 34.8. The topological polar surface area (TPSA) is 108 Å². The molecule has 0 aromatic rings. The van der Waals surface area contributed by atoms with E-state index in [1.54, 1.807) is 0 Å². The molecule has 10 heteroatoms. The second kappa shape index (κ2) is 72.0. The number of nitrogens with zero attached hydrogens (tertiary/aromatic N) is 1. The zero-order valence-electron chi connectivity index (χ0n) is 61.1. The van der Waals surface area contributed by atoms with Crippen LogP contribution in [0.3, 0.4) is 0 Å². The first-order chi connectivity index (χ1) is 44.5. The van der Waals surface area contributed by atoms with Gasteiger partial charge in [0.2, 0.25) is 0 Å². The van der Waals surface area contributed by atoms with Crippen molar-refractivity contribution in [3.05, 3.63) is 60.8 Å². The summed E-state index contributed by atoms with van der Waals surface area (Å²) >= 11 is 0. The molecule has 0 aliphatic carbocycles. The summed E-state index contributed by atoms with van der Waals surface area (Å²) in [6, 6.07) is 0. The first-order valence-electron chi connectivity index (χ1n) is 39.5. The highest BCUT2D eigenvalue weighted by atomic mass is 31.2. The summed E-state index contributed by atoms with van der Waals surface area (Å²) in [5, 5.41) is 0. The molecule has 0 saturated carbocycles. The van der Waals surface area contributed by atoms with Crippen molar-refractivity contribution in [1.29, 1.82) is 0 Å². The van der Waals surface area contributed by atoms with Gasteiger partial charge in [0.25, 0.3) is 0 Å². The van der Waals surface area contributed by atoms with Crippen LogP contribution in [0.5, 0.6) is 0 Å². The number of esters is 2. The third-order valence-electron chi connectivity index (χ3n) is 17.8. The molecular weight excluding hydrogens is 1150 g/mol. The molecular formula is C81H153NO8P+. The molecule has 0 spiro atoms. The largest absolute Gasteiger partial charge is 0.472 e. The van der Waals surface area contributed by atoms with E-state index in [0.717, 1.165) is 64.2 Å². The summed E-state index contributed by atoms with van der Waals surface area (Å²) in [6.45, 7) is 4.40. The van der Waals surface area contributed by atoms with Crippen LogP contribution in [0.2, 0.25) is 0 Å². The molecule has 0 aliphatic heterocycles. The third kappa shape index (κ3) is 76.6. The van der Waals surface area contributed by atoms with Crippen LogP contribution >= 0.6 is 7.82 Å². The fourth-order valence-corrected chi connectivity index (χ4v) is 12.6. The second-order valence-corrected chi connectivity index (χ2v) is 29.5. The van der Waals surface area contributed by atoms with Crippen LogP contribution in [-0.2, 0) is 32.7 Å². The number of likely N-dealkylation sites (N-methyl/N-ethyl adjacent to an activating group) is 1. The van der Waals surface area contributed by atoms with Crippen LogP contribution in [0, 0.1) is 0 Å². The Kier molecular flexibility index (Phi) is 70.2. The Balaban J connectivity index is 3.92. The van der Waals surface area contributed by atoms with Gasteiger partial charge >= 0.3 is 19.8 Å². The maximum absolute atomic E-state index is 12.9. The van der Waals surface area contributed by atoms with E-state index in [4.69, 9.17) is 18.5 Å². The van der Waals surface area contributed by atoms with Crippen LogP contribution in [0.1, 0.15) is 393 Å². The molecule has 91 heavy (non-hydrogen) atoms. The number of carbonyl (C=O) groups excluding carboxylic acids is 2. The van der Waals surface area contributed by atoms with Gasteiger partial charge in [-0.1, -0.05) is 383 Å². The molecule has 0 rings (SSSR count). The lowest BCUT2D eigenvalue weighted by molar-refractivity contribution is -0.870. The van der Waals surface area contributed by atoms with Gasteiger partial charge in [-0.25, -0.2) is 4.57 Å². The van der Waals surface area contributed by atoms with Crippen LogP contribution in [-0.4, -0.2) is 74.9 Å². The summed E-state index contributed by atoms with van der Waals surface area (Å²) in [5.41, 5.74) is 0. The number of hydrogen-bond donors (Lipinski definition) is 1. The molecule has 0 saturated heterocycles. The number of phosphoric ester groups is 1. The Morgan fingerprint density at radius 2 is 0.626 bits per heavy atom. The minimum absolute atomic E-state index is 0.0344. The van der Waals surface area contributed by atoms with Crippen LogP contribution in [0.4, 0.5) is 0 Å². The maximum atomic E-state index is 12.9. The zero-order chi connectivity index (χ0) is 66.2. The first kappa shape index (κ1) is 88.7. The molecule has 0 amide bonds. The second-order valence-electron chi connectivity index (χ2n) is 28.1. The van der Waals surface area contributed by atoms with Gasteiger partial charge in [0.15, 0.2) is 6.10 Å². The molecule has 0 aromatic heterocycles. The molecule has 0 fully saturated rings. The van der Waals surface area contributed by atoms with Gasteiger partial charge in [0.05, 0.1) is 27.7 Å². The van der Waals surface area contributed by atoms with E-state index in [-0.39, 0.29) is 25.6 Å². The average molecular weight is 1300 g/mol. The average Bonchev–Trinajstić information content (AvgIpc) is 3.69. The summed E-state index contributed by atoms with van der Waals surface area (Å²) in [7, 11) is 1.50. The van der Waals surface area contributed by atoms with Gasteiger partial charge < -0.3 is 18.9 Å². The summed E-state index contributed by atoms with van der Waals surface area (Å²) in [4.78, 5) is 36.0. The number of allylic oxidation sites excluding steroid dienone is 10. The van der Waals surface area contributed by atoms with E-state index in [0.29, 0.717) is 23.9 Å². The monoisotopic (exact) mass is 1300 g/mol. The lowest BCUT2D eigenvalue weighted by Crippen LogP contribution is -2.37. The highest BCUT2D eigenvalue weighted by Gasteiger charge is 2.27. The Bertz CT molecular complexity index is 1720. The number of rotatable bonds is 74. The molecule has 1 N–H and O–H groups in total. The van der Waals surface area contributed by atoms with Gasteiger partial charge in [-0.2, -0.15) is 0 Å². The van der Waals surface area contributed by atoms with Gasteiger partial charge in [0.1, 0.15) is 19.8 Å². The smallest absolute Gasteiger partial charge is 0.462 e. The molecule has 0 aliphatic rings. The number of unbranched alkanes of at least 4 members (excludes halogenated alkanes) is 50. The van der Waals surface area contributed by atoms with Crippen molar-refractivity contribution in [2.24, 2.45) is 0 Å². The van der Waals surface area contributed by atoms with Gasteiger partial charge in [-0.15, -0.1) is 0 Å². The Hall–Kier alpha value is -2.29. The van der Waals surface area contributed by atoms with Crippen LogP contribution in [0.25, 0.3) is 0 Å². The van der Waals surface area contributed by atoms with E-state index in [1.807, 2.05) is 21.1 Å². The van der Waals surface area contributed by atoms with Crippen molar-refractivity contribution in [1.82, 2.24) is 0 Å². The molecule has 2 atom stereocenters. The molecule has 0 aromatic carbocycles. The fraction of sp³-hybridized carbons (Fsp3) is 0.852. The first-order valence-corrected chi connectivity index (χ1v) is 41.0. The van der Waals surface area contributed by atoms with Gasteiger partial charge in [-0.3, -0.25) is 18.6 Å². The lowest BCUT2D eigenvalue weighted by Gasteiger charge is -2.24. The van der Waals surface area contributed by atoms with Crippen molar-refractivity contribution in [2.75, 3.05) is 47.5 Å². The van der Waals surface area contributed by atoms with Gasteiger partial charge in [-0.05, 0) is 57.8 Å². The number of ether oxygens (including phenoxy) is 2. The fourth-order valence-electron chi connectivity index (χ4n) is 11.8. The highest BCUT2D eigenvalue weighted by molar-refractivity contribution is 7.47. The number of carbonyl (C=O) groups is 2. The normalized spacial score (nSPS) is 13.3. The Morgan fingerprint density at radius 3 is 0.934 bits per heavy atom. The van der Waals surface area contributed by atoms with E-state index < -0.39 is 26.5 Å². The van der Waals surface area contributed by atoms with Crippen LogP contribution < -0.4 is 0 Å². The summed E-state index contributed by atoms with van der Waals surface area (Å²) in [6.07, 6.45) is 96.5. The number of quaternary nitrogens is 1. The minimum atomic E-state index is -4.39. The highest BCUT2D eigenvalue weighted by Crippen LogP contribution is 2.43. The minimum Gasteiger partial charge on any atom is -0.462 e. The third-order valence-corrected chi connectivity index (χ3v) is 18.8. The molecule has 0 heterocycles. The Labute approximate surface area is 566 Å². The van der Waals surface area contributed by atoms with E-state index in [9.17, 15) is 19.0 Å². The molecule has 9 nitrogen and oxygen atoms in total.